The molecule has 19 heavy (non-hydrogen) atoms. The van der Waals surface area contributed by atoms with Gasteiger partial charge in [-0.15, -0.1) is 0 Å². The summed E-state index contributed by atoms with van der Waals surface area (Å²) in [4.78, 5) is 32.9. The second kappa shape index (κ2) is 6.36. The summed E-state index contributed by atoms with van der Waals surface area (Å²) in [6.45, 7) is 4.40. The zero-order chi connectivity index (χ0) is 14.5. The molecule has 1 aliphatic rings. The van der Waals surface area contributed by atoms with Crippen LogP contribution in [0.3, 0.4) is 0 Å². The van der Waals surface area contributed by atoms with Crippen LogP contribution >= 0.6 is 0 Å². The number of amides is 3. The number of imide groups is 1. The van der Waals surface area contributed by atoms with Crippen LogP contribution < -0.4 is 10.6 Å². The molecule has 3 amide bonds. The minimum Gasteiger partial charge on any atom is -0.478 e. The minimum atomic E-state index is -1.23. The molecule has 0 aromatic heterocycles. The molecular weight excluding hydrogens is 248 g/mol. The lowest BCUT2D eigenvalue weighted by atomic mass is 9.76. The zero-order valence-corrected chi connectivity index (χ0v) is 11.2. The predicted molar refractivity (Wildman–Crippen MR) is 69.5 cm³/mol. The molecule has 106 valence electrons. The summed E-state index contributed by atoms with van der Waals surface area (Å²) in [5.41, 5.74) is 0.314. The maximum absolute atomic E-state index is 11.5. The largest absolute Gasteiger partial charge is 0.478 e. The minimum absolute atomic E-state index is 0.0734. The van der Waals surface area contributed by atoms with Gasteiger partial charge in [-0.2, -0.15) is 0 Å². The van der Waals surface area contributed by atoms with Crippen molar-refractivity contribution in [2.45, 2.75) is 45.6 Å². The van der Waals surface area contributed by atoms with Gasteiger partial charge in [0.15, 0.2) is 0 Å². The summed E-state index contributed by atoms with van der Waals surface area (Å²) in [6.07, 6.45) is 5.34. The van der Waals surface area contributed by atoms with Crippen LogP contribution in [0, 0.1) is 5.41 Å². The van der Waals surface area contributed by atoms with Crippen molar-refractivity contribution in [3.8, 4) is 0 Å². The molecule has 0 radical (unpaired) electrons. The van der Waals surface area contributed by atoms with Crippen LogP contribution in [-0.2, 0) is 9.59 Å². The quantitative estimate of drug-likeness (QED) is 0.674. The lowest BCUT2D eigenvalue weighted by Gasteiger charge is -2.34. The number of aliphatic carboxylic acids is 1. The average Bonchev–Trinajstić information content (AvgIpc) is 2.29. The fraction of sp³-hybridized carbons (Fsp3) is 0.615. The van der Waals surface area contributed by atoms with Gasteiger partial charge in [-0.3, -0.25) is 10.1 Å². The lowest BCUT2D eigenvalue weighted by molar-refractivity contribution is -0.131. The maximum Gasteiger partial charge on any atom is 0.328 e. The highest BCUT2D eigenvalue weighted by molar-refractivity contribution is 6.02. The first-order valence-corrected chi connectivity index (χ1v) is 6.31. The molecule has 6 heteroatoms. The van der Waals surface area contributed by atoms with Crippen molar-refractivity contribution in [1.82, 2.24) is 10.6 Å². The number of nitrogens with one attached hydrogen (secondary N) is 2. The van der Waals surface area contributed by atoms with Crippen molar-refractivity contribution in [2.24, 2.45) is 5.41 Å². The van der Waals surface area contributed by atoms with Crippen LogP contribution in [0.25, 0.3) is 0 Å². The molecule has 1 fully saturated rings. The third-order valence-corrected chi connectivity index (χ3v) is 3.29. The van der Waals surface area contributed by atoms with E-state index in [0.29, 0.717) is 11.5 Å². The van der Waals surface area contributed by atoms with E-state index in [9.17, 15) is 14.4 Å². The Kier molecular flexibility index (Phi) is 5.09. The highest BCUT2D eigenvalue weighted by Gasteiger charge is 2.27. The van der Waals surface area contributed by atoms with Gasteiger partial charge >= 0.3 is 12.0 Å². The molecule has 0 bridgehead atoms. The van der Waals surface area contributed by atoms with Gasteiger partial charge in [0.1, 0.15) is 0 Å². The molecule has 3 N–H and O–H groups in total. The highest BCUT2D eigenvalue weighted by Crippen LogP contribution is 2.34. The van der Waals surface area contributed by atoms with E-state index in [1.165, 1.54) is 0 Å². The molecule has 6 nitrogen and oxygen atoms in total. The van der Waals surface area contributed by atoms with E-state index in [1.807, 2.05) is 0 Å². The van der Waals surface area contributed by atoms with Crippen LogP contribution in [0.1, 0.15) is 39.5 Å². The number of hydrogen-bond donors (Lipinski definition) is 3. The molecule has 0 unspecified atom stereocenters. The summed E-state index contributed by atoms with van der Waals surface area (Å²) in [5, 5.41) is 13.1. The number of hydrogen-bond acceptors (Lipinski definition) is 3. The van der Waals surface area contributed by atoms with Crippen molar-refractivity contribution >= 4 is 17.9 Å². The Morgan fingerprint density at radius 1 is 1.16 bits per heavy atom. The Balaban J connectivity index is 2.32. The van der Waals surface area contributed by atoms with Crippen LogP contribution in [0.4, 0.5) is 4.79 Å². The molecule has 0 heterocycles. The fourth-order valence-electron chi connectivity index (χ4n) is 2.07. The van der Waals surface area contributed by atoms with Gasteiger partial charge in [-0.1, -0.05) is 13.8 Å². The van der Waals surface area contributed by atoms with E-state index in [0.717, 1.165) is 31.8 Å². The average molecular weight is 268 g/mol. The first-order valence-electron chi connectivity index (χ1n) is 6.31. The van der Waals surface area contributed by atoms with Crippen LogP contribution in [-0.4, -0.2) is 29.1 Å². The SMILES string of the molecule is CC1(C)CCC(NC(=O)NC(=O)C=CC(=O)O)CC1. The molecule has 1 aliphatic carbocycles. The Labute approximate surface area is 112 Å². The van der Waals surface area contributed by atoms with Gasteiger partial charge in [-0.05, 0) is 31.1 Å². The Bertz CT molecular complexity index is 391. The van der Waals surface area contributed by atoms with E-state index in [-0.39, 0.29) is 6.04 Å². The second-order valence-corrected chi connectivity index (χ2v) is 5.57. The van der Waals surface area contributed by atoms with Crippen molar-refractivity contribution in [3.05, 3.63) is 12.2 Å². The molecule has 1 rings (SSSR count). The molecule has 0 saturated heterocycles. The van der Waals surface area contributed by atoms with Crippen LogP contribution in [0.5, 0.6) is 0 Å². The van der Waals surface area contributed by atoms with Crippen molar-refractivity contribution in [1.29, 1.82) is 0 Å². The fourth-order valence-corrected chi connectivity index (χ4v) is 2.07. The molecule has 0 aliphatic heterocycles. The van der Waals surface area contributed by atoms with Crippen molar-refractivity contribution in [3.63, 3.8) is 0 Å². The van der Waals surface area contributed by atoms with Gasteiger partial charge in [0.2, 0.25) is 0 Å². The molecule has 1 saturated carbocycles. The topological polar surface area (TPSA) is 95.5 Å². The number of carbonyl (C=O) groups is 3. The summed E-state index contributed by atoms with van der Waals surface area (Å²) >= 11 is 0. The first kappa shape index (κ1) is 15.2. The summed E-state index contributed by atoms with van der Waals surface area (Å²) in [7, 11) is 0. The van der Waals surface area contributed by atoms with Gasteiger partial charge in [0.25, 0.3) is 5.91 Å². The van der Waals surface area contributed by atoms with E-state index in [2.05, 4.69) is 24.5 Å². The Morgan fingerprint density at radius 3 is 2.26 bits per heavy atom. The highest BCUT2D eigenvalue weighted by atomic mass is 16.4. The molecular formula is C13H20N2O4. The number of rotatable bonds is 3. The maximum atomic E-state index is 11.5. The zero-order valence-electron chi connectivity index (χ0n) is 11.2. The first-order chi connectivity index (χ1) is 8.78. The summed E-state index contributed by atoms with van der Waals surface area (Å²) < 4.78 is 0. The second-order valence-electron chi connectivity index (χ2n) is 5.57. The number of carbonyl (C=O) groups excluding carboxylic acids is 2. The Morgan fingerprint density at radius 2 is 1.74 bits per heavy atom. The third-order valence-electron chi connectivity index (χ3n) is 3.29. The molecule has 0 atom stereocenters. The van der Waals surface area contributed by atoms with Gasteiger partial charge in [0.05, 0.1) is 0 Å². The number of carboxylic acids is 1. The van der Waals surface area contributed by atoms with E-state index in [1.54, 1.807) is 0 Å². The van der Waals surface area contributed by atoms with Crippen LogP contribution in [0.15, 0.2) is 12.2 Å². The lowest BCUT2D eigenvalue weighted by Crippen LogP contribution is -2.46. The van der Waals surface area contributed by atoms with Gasteiger partial charge in [0, 0.05) is 18.2 Å². The predicted octanol–water partition coefficient (Wildman–Crippen LogP) is 1.42. The van der Waals surface area contributed by atoms with Gasteiger partial charge in [-0.25, -0.2) is 9.59 Å². The molecule has 0 aromatic carbocycles. The normalized spacial score (nSPS) is 19.1. The Hall–Kier alpha value is -1.85. The third kappa shape index (κ3) is 6.03. The summed E-state index contributed by atoms with van der Waals surface area (Å²) in [5.74, 6) is -1.97. The van der Waals surface area contributed by atoms with E-state index in [4.69, 9.17) is 5.11 Å². The van der Waals surface area contributed by atoms with Crippen molar-refractivity contribution < 1.29 is 19.5 Å². The van der Waals surface area contributed by atoms with Crippen LogP contribution in [0.2, 0.25) is 0 Å². The smallest absolute Gasteiger partial charge is 0.328 e. The van der Waals surface area contributed by atoms with E-state index >= 15 is 0 Å². The standard InChI is InChI=1S/C13H20N2O4/c1-13(2)7-5-9(6-8-13)14-12(19)15-10(16)3-4-11(17)18/h3-4,9H,5-8H2,1-2H3,(H,17,18)(H2,14,15,16,19). The monoisotopic (exact) mass is 268 g/mol. The molecule has 0 aromatic rings. The summed E-state index contributed by atoms with van der Waals surface area (Å²) in [6, 6.07) is -0.506. The number of carboxylic acid groups (broad SMARTS) is 1. The number of urea groups is 1. The molecule has 0 spiro atoms. The van der Waals surface area contributed by atoms with E-state index < -0.39 is 17.9 Å². The van der Waals surface area contributed by atoms with Crippen molar-refractivity contribution in [2.75, 3.05) is 0 Å². The van der Waals surface area contributed by atoms with Gasteiger partial charge < -0.3 is 10.4 Å².